The van der Waals surface area contributed by atoms with Crippen LogP contribution in [0.1, 0.15) is 5.76 Å². The van der Waals surface area contributed by atoms with Crippen molar-refractivity contribution in [1.29, 1.82) is 0 Å². The predicted octanol–water partition coefficient (Wildman–Crippen LogP) is 5.19. The normalized spacial score (nSPS) is 10.5. The van der Waals surface area contributed by atoms with Crippen molar-refractivity contribution >= 4 is 46.3 Å². The molecule has 2 nitrogen and oxygen atoms in total. The molecule has 1 aromatic carbocycles. The van der Waals surface area contributed by atoms with Crippen molar-refractivity contribution in [3.05, 3.63) is 46.3 Å². The second kappa shape index (κ2) is 5.71. The molecule has 1 aromatic heterocycles. The third-order valence-electron chi connectivity index (χ3n) is 2.15. The fourth-order valence-corrected chi connectivity index (χ4v) is 2.30. The standard InChI is InChI=1S/C12H11Cl2NOS/c1-17-7-10-5-9(6-16-10)15-12-3-2-8(13)4-11(12)14/h2-6,15H,7H2,1H3. The van der Waals surface area contributed by atoms with Crippen molar-refractivity contribution in [3.63, 3.8) is 0 Å². The molecular weight excluding hydrogens is 277 g/mol. The van der Waals surface area contributed by atoms with Gasteiger partial charge in [0.15, 0.2) is 0 Å². The van der Waals surface area contributed by atoms with Gasteiger partial charge in [-0.2, -0.15) is 11.8 Å². The topological polar surface area (TPSA) is 25.2 Å². The van der Waals surface area contributed by atoms with Crippen LogP contribution in [0, 0.1) is 0 Å². The summed E-state index contributed by atoms with van der Waals surface area (Å²) < 4.78 is 5.39. The fourth-order valence-electron chi connectivity index (χ4n) is 1.41. The summed E-state index contributed by atoms with van der Waals surface area (Å²) in [6.45, 7) is 0. The number of hydrogen-bond acceptors (Lipinski definition) is 3. The summed E-state index contributed by atoms with van der Waals surface area (Å²) >= 11 is 13.6. The van der Waals surface area contributed by atoms with E-state index in [0.29, 0.717) is 10.0 Å². The van der Waals surface area contributed by atoms with Crippen LogP contribution in [0.15, 0.2) is 34.9 Å². The number of nitrogens with one attached hydrogen (secondary N) is 1. The minimum atomic E-state index is 0.588. The highest BCUT2D eigenvalue weighted by atomic mass is 35.5. The van der Waals surface area contributed by atoms with E-state index in [2.05, 4.69) is 5.32 Å². The van der Waals surface area contributed by atoms with E-state index in [1.54, 1.807) is 30.2 Å². The number of furan rings is 1. The number of benzene rings is 1. The zero-order valence-corrected chi connectivity index (χ0v) is 11.5. The zero-order valence-electron chi connectivity index (χ0n) is 9.17. The lowest BCUT2D eigenvalue weighted by atomic mass is 10.3. The molecule has 0 spiro atoms. The van der Waals surface area contributed by atoms with Gasteiger partial charge in [-0.25, -0.2) is 0 Å². The van der Waals surface area contributed by atoms with Crippen molar-refractivity contribution in [3.8, 4) is 0 Å². The van der Waals surface area contributed by atoms with Gasteiger partial charge in [0.25, 0.3) is 0 Å². The molecule has 0 radical (unpaired) electrons. The van der Waals surface area contributed by atoms with Crippen LogP contribution in [0.2, 0.25) is 10.0 Å². The largest absolute Gasteiger partial charge is 0.466 e. The first-order valence-electron chi connectivity index (χ1n) is 4.97. The van der Waals surface area contributed by atoms with Crippen LogP contribution >= 0.6 is 35.0 Å². The Labute approximate surface area is 114 Å². The zero-order chi connectivity index (χ0) is 12.3. The molecule has 1 heterocycles. The Kier molecular flexibility index (Phi) is 4.26. The van der Waals surface area contributed by atoms with E-state index in [4.69, 9.17) is 27.6 Å². The number of thioether (sulfide) groups is 1. The molecule has 0 aliphatic rings. The third kappa shape index (κ3) is 3.35. The van der Waals surface area contributed by atoms with E-state index in [0.717, 1.165) is 22.9 Å². The molecule has 0 fully saturated rings. The lowest BCUT2D eigenvalue weighted by molar-refractivity contribution is 0.531. The van der Waals surface area contributed by atoms with Gasteiger partial charge in [0.2, 0.25) is 0 Å². The van der Waals surface area contributed by atoms with E-state index in [1.807, 2.05) is 18.4 Å². The Morgan fingerprint density at radius 1 is 1.29 bits per heavy atom. The predicted molar refractivity (Wildman–Crippen MR) is 75.7 cm³/mol. The molecule has 5 heteroatoms. The van der Waals surface area contributed by atoms with E-state index in [9.17, 15) is 0 Å². The molecule has 0 aliphatic heterocycles. The Balaban J connectivity index is 2.13. The quantitative estimate of drug-likeness (QED) is 0.837. The molecule has 0 bridgehead atoms. The maximum Gasteiger partial charge on any atom is 0.115 e. The minimum Gasteiger partial charge on any atom is -0.466 e. The number of rotatable bonds is 4. The smallest absolute Gasteiger partial charge is 0.115 e. The highest BCUT2D eigenvalue weighted by molar-refractivity contribution is 7.97. The van der Waals surface area contributed by atoms with Gasteiger partial charge in [-0.3, -0.25) is 0 Å². The average Bonchev–Trinajstić information content (AvgIpc) is 2.71. The maximum atomic E-state index is 6.07. The van der Waals surface area contributed by atoms with Crippen molar-refractivity contribution in [1.82, 2.24) is 0 Å². The van der Waals surface area contributed by atoms with Crippen molar-refractivity contribution in [2.45, 2.75) is 5.75 Å². The van der Waals surface area contributed by atoms with Crippen LogP contribution in [-0.4, -0.2) is 6.26 Å². The van der Waals surface area contributed by atoms with E-state index in [1.165, 1.54) is 0 Å². The molecule has 0 saturated heterocycles. The van der Waals surface area contributed by atoms with Crippen LogP contribution in [0.25, 0.3) is 0 Å². The molecule has 0 amide bonds. The molecule has 17 heavy (non-hydrogen) atoms. The Morgan fingerprint density at radius 2 is 2.12 bits per heavy atom. The van der Waals surface area contributed by atoms with Gasteiger partial charge in [-0.1, -0.05) is 23.2 Å². The molecule has 2 rings (SSSR count). The Hall–Kier alpha value is -0.770. The molecule has 2 aromatic rings. The lowest BCUT2D eigenvalue weighted by Crippen LogP contribution is -1.88. The van der Waals surface area contributed by atoms with E-state index < -0.39 is 0 Å². The molecule has 1 N–H and O–H groups in total. The monoisotopic (exact) mass is 287 g/mol. The summed E-state index contributed by atoms with van der Waals surface area (Å²) in [5.41, 5.74) is 1.70. The first-order chi connectivity index (χ1) is 8.19. The molecule has 0 aliphatic carbocycles. The molecule has 90 valence electrons. The van der Waals surface area contributed by atoms with Gasteiger partial charge in [0.1, 0.15) is 12.0 Å². The lowest BCUT2D eigenvalue weighted by Gasteiger charge is -2.05. The SMILES string of the molecule is CSCc1cc(Nc2ccc(Cl)cc2Cl)co1. The fraction of sp³-hybridized carbons (Fsp3) is 0.167. The summed E-state index contributed by atoms with van der Waals surface area (Å²) in [5.74, 6) is 1.79. The summed E-state index contributed by atoms with van der Waals surface area (Å²) in [6, 6.07) is 7.29. The van der Waals surface area contributed by atoms with Crippen LogP contribution in [0.4, 0.5) is 11.4 Å². The van der Waals surface area contributed by atoms with E-state index in [-0.39, 0.29) is 0 Å². The maximum absolute atomic E-state index is 6.07. The van der Waals surface area contributed by atoms with Gasteiger partial charge in [-0.15, -0.1) is 0 Å². The number of hydrogen-bond donors (Lipinski definition) is 1. The van der Waals surface area contributed by atoms with Gasteiger partial charge in [-0.05, 0) is 24.5 Å². The van der Waals surface area contributed by atoms with Crippen LogP contribution in [0.3, 0.4) is 0 Å². The molecular formula is C12H11Cl2NOS. The van der Waals surface area contributed by atoms with E-state index >= 15 is 0 Å². The summed E-state index contributed by atoms with van der Waals surface area (Å²) in [5, 5.41) is 4.39. The van der Waals surface area contributed by atoms with Crippen molar-refractivity contribution in [2.24, 2.45) is 0 Å². The number of halogens is 2. The van der Waals surface area contributed by atoms with Crippen LogP contribution < -0.4 is 5.32 Å². The average molecular weight is 288 g/mol. The Bertz CT molecular complexity index is 513. The first-order valence-corrected chi connectivity index (χ1v) is 7.12. The first kappa shape index (κ1) is 12.7. The van der Waals surface area contributed by atoms with Gasteiger partial charge in [0, 0.05) is 11.1 Å². The van der Waals surface area contributed by atoms with Crippen molar-refractivity contribution < 1.29 is 4.42 Å². The second-order valence-electron chi connectivity index (χ2n) is 3.48. The minimum absolute atomic E-state index is 0.588. The highest BCUT2D eigenvalue weighted by Gasteiger charge is 2.04. The van der Waals surface area contributed by atoms with Gasteiger partial charge < -0.3 is 9.73 Å². The third-order valence-corrected chi connectivity index (χ3v) is 3.27. The summed E-state index contributed by atoms with van der Waals surface area (Å²) in [7, 11) is 0. The molecule has 0 saturated carbocycles. The van der Waals surface area contributed by atoms with Crippen LogP contribution in [-0.2, 0) is 5.75 Å². The Morgan fingerprint density at radius 3 is 2.82 bits per heavy atom. The van der Waals surface area contributed by atoms with Gasteiger partial charge in [0.05, 0.1) is 22.2 Å². The molecule has 0 atom stereocenters. The molecule has 0 unspecified atom stereocenters. The number of anilines is 2. The summed E-state index contributed by atoms with van der Waals surface area (Å²) in [4.78, 5) is 0. The van der Waals surface area contributed by atoms with Crippen molar-refractivity contribution in [2.75, 3.05) is 11.6 Å². The highest BCUT2D eigenvalue weighted by Crippen LogP contribution is 2.29. The summed E-state index contributed by atoms with van der Waals surface area (Å²) in [6.07, 6.45) is 3.71. The van der Waals surface area contributed by atoms with Gasteiger partial charge >= 0.3 is 0 Å². The second-order valence-corrected chi connectivity index (χ2v) is 5.19. The van der Waals surface area contributed by atoms with Crippen LogP contribution in [0.5, 0.6) is 0 Å².